The van der Waals surface area contributed by atoms with Crippen LogP contribution in [0, 0.1) is 11.7 Å². The van der Waals surface area contributed by atoms with E-state index < -0.39 is 23.8 Å². The maximum atomic E-state index is 13.9. The number of carbonyl (C=O) groups excluding carboxylic acids is 2. The molecule has 1 atom stereocenters. The monoisotopic (exact) mass is 356 g/mol. The molecule has 25 heavy (non-hydrogen) atoms. The van der Waals surface area contributed by atoms with Crippen LogP contribution in [0.2, 0.25) is 0 Å². The normalized spacial score (nSPS) is 23.4. The van der Waals surface area contributed by atoms with Crippen LogP contribution in [0.15, 0.2) is 24.3 Å². The standard InChI is InChI=1S/C17H19F3N2O3/c18-12-3-1-2-4-13(12)22-10-11(9-14(22)23)15(24)21-7-5-17(25,6-8-21)16(19)20/h1-4,11,16,25H,5-10H2. The zero-order valence-electron chi connectivity index (χ0n) is 13.5. The molecule has 0 saturated carbocycles. The van der Waals surface area contributed by atoms with Gasteiger partial charge in [-0.15, -0.1) is 0 Å². The third-order valence-electron chi connectivity index (χ3n) is 4.96. The fourth-order valence-electron chi connectivity index (χ4n) is 3.37. The number of likely N-dealkylation sites (tertiary alicyclic amines) is 1. The molecule has 2 amide bonds. The second-order valence-electron chi connectivity index (χ2n) is 6.59. The molecule has 8 heteroatoms. The highest BCUT2D eigenvalue weighted by Crippen LogP contribution is 2.32. The Labute approximate surface area is 143 Å². The van der Waals surface area contributed by atoms with Crippen molar-refractivity contribution in [1.29, 1.82) is 0 Å². The first kappa shape index (κ1) is 17.7. The Morgan fingerprint density at radius 2 is 1.88 bits per heavy atom. The van der Waals surface area contributed by atoms with E-state index in [1.54, 1.807) is 6.07 Å². The highest BCUT2D eigenvalue weighted by Gasteiger charge is 2.44. The number of halogens is 3. The summed E-state index contributed by atoms with van der Waals surface area (Å²) >= 11 is 0. The molecular weight excluding hydrogens is 337 g/mol. The van der Waals surface area contributed by atoms with Crippen LogP contribution < -0.4 is 4.90 Å². The lowest BCUT2D eigenvalue weighted by Gasteiger charge is -2.38. The number of piperidine rings is 1. The molecular formula is C17H19F3N2O3. The summed E-state index contributed by atoms with van der Waals surface area (Å²) in [6.07, 6.45) is -3.29. The van der Waals surface area contributed by atoms with Crippen molar-refractivity contribution in [2.45, 2.75) is 31.3 Å². The van der Waals surface area contributed by atoms with Crippen molar-refractivity contribution in [3.63, 3.8) is 0 Å². The highest BCUT2D eigenvalue weighted by molar-refractivity contribution is 6.00. The van der Waals surface area contributed by atoms with Crippen molar-refractivity contribution in [3.8, 4) is 0 Å². The van der Waals surface area contributed by atoms with Gasteiger partial charge >= 0.3 is 0 Å². The van der Waals surface area contributed by atoms with Gasteiger partial charge in [-0.25, -0.2) is 13.2 Å². The summed E-state index contributed by atoms with van der Waals surface area (Å²) in [5.74, 6) is -1.83. The average molecular weight is 356 g/mol. The number of aliphatic hydroxyl groups is 1. The van der Waals surface area contributed by atoms with E-state index in [0.29, 0.717) is 0 Å². The molecule has 5 nitrogen and oxygen atoms in total. The van der Waals surface area contributed by atoms with Crippen LogP contribution in [-0.4, -0.2) is 53.5 Å². The first-order valence-electron chi connectivity index (χ1n) is 8.16. The van der Waals surface area contributed by atoms with Gasteiger partial charge in [0.25, 0.3) is 6.43 Å². The van der Waals surface area contributed by atoms with Gasteiger partial charge in [-0.3, -0.25) is 9.59 Å². The third kappa shape index (κ3) is 3.35. The van der Waals surface area contributed by atoms with Crippen molar-refractivity contribution in [2.24, 2.45) is 5.92 Å². The van der Waals surface area contributed by atoms with Crippen molar-refractivity contribution >= 4 is 17.5 Å². The third-order valence-corrected chi connectivity index (χ3v) is 4.96. The molecule has 1 unspecified atom stereocenters. The van der Waals surface area contributed by atoms with E-state index in [2.05, 4.69) is 0 Å². The van der Waals surface area contributed by atoms with E-state index in [1.807, 2.05) is 0 Å². The van der Waals surface area contributed by atoms with Gasteiger partial charge in [0.05, 0.1) is 11.6 Å². The molecule has 2 heterocycles. The number of nitrogens with zero attached hydrogens (tertiary/aromatic N) is 2. The second-order valence-corrected chi connectivity index (χ2v) is 6.59. The predicted octanol–water partition coefficient (Wildman–Crippen LogP) is 1.80. The van der Waals surface area contributed by atoms with Crippen molar-refractivity contribution in [1.82, 2.24) is 4.90 Å². The largest absolute Gasteiger partial charge is 0.384 e. The summed E-state index contributed by atoms with van der Waals surface area (Å²) in [5.41, 5.74) is -1.92. The van der Waals surface area contributed by atoms with Crippen LogP contribution in [0.1, 0.15) is 19.3 Å². The smallest absolute Gasteiger partial charge is 0.266 e. The van der Waals surface area contributed by atoms with Crippen LogP contribution in [0.3, 0.4) is 0 Å². The lowest BCUT2D eigenvalue weighted by Crippen LogP contribution is -2.51. The second kappa shape index (κ2) is 6.67. The molecule has 1 N–H and O–H groups in total. The Bertz CT molecular complexity index is 675. The fraction of sp³-hybridized carbons (Fsp3) is 0.529. The van der Waals surface area contributed by atoms with E-state index in [9.17, 15) is 27.9 Å². The van der Waals surface area contributed by atoms with Gasteiger partial charge in [-0.1, -0.05) is 12.1 Å². The SMILES string of the molecule is O=C(C1CC(=O)N(c2ccccc2F)C1)N1CCC(O)(C(F)F)CC1. The minimum atomic E-state index is -2.85. The van der Waals surface area contributed by atoms with E-state index in [0.717, 1.165) is 0 Å². The summed E-state index contributed by atoms with van der Waals surface area (Å²) < 4.78 is 39.5. The molecule has 0 aromatic heterocycles. The highest BCUT2D eigenvalue weighted by atomic mass is 19.3. The van der Waals surface area contributed by atoms with E-state index >= 15 is 0 Å². The molecule has 1 aromatic rings. The molecule has 2 aliphatic heterocycles. The molecule has 0 aliphatic carbocycles. The molecule has 2 fully saturated rings. The van der Waals surface area contributed by atoms with Gasteiger partial charge in [-0.05, 0) is 25.0 Å². The minimum Gasteiger partial charge on any atom is -0.384 e. The Morgan fingerprint density at radius 3 is 2.48 bits per heavy atom. The number of hydrogen-bond acceptors (Lipinski definition) is 3. The lowest BCUT2D eigenvalue weighted by molar-refractivity contribution is -0.150. The van der Waals surface area contributed by atoms with E-state index in [4.69, 9.17) is 0 Å². The van der Waals surface area contributed by atoms with Crippen LogP contribution >= 0.6 is 0 Å². The molecule has 0 spiro atoms. The van der Waals surface area contributed by atoms with E-state index in [1.165, 1.54) is 28.0 Å². The van der Waals surface area contributed by atoms with Crippen LogP contribution in [0.25, 0.3) is 0 Å². The topological polar surface area (TPSA) is 60.9 Å². The summed E-state index contributed by atoms with van der Waals surface area (Å²) in [7, 11) is 0. The number of rotatable bonds is 3. The van der Waals surface area contributed by atoms with Crippen molar-refractivity contribution < 1.29 is 27.9 Å². The molecule has 3 rings (SSSR count). The predicted molar refractivity (Wildman–Crippen MR) is 83.6 cm³/mol. The Kier molecular flexibility index (Phi) is 4.73. The Hall–Kier alpha value is -2.09. The van der Waals surface area contributed by atoms with Crippen molar-refractivity contribution in [3.05, 3.63) is 30.1 Å². The maximum Gasteiger partial charge on any atom is 0.266 e. The molecule has 0 radical (unpaired) electrons. The molecule has 2 saturated heterocycles. The van der Waals surface area contributed by atoms with Crippen LogP contribution in [0.5, 0.6) is 0 Å². The molecule has 2 aliphatic rings. The fourth-order valence-corrected chi connectivity index (χ4v) is 3.37. The van der Waals surface area contributed by atoms with Crippen molar-refractivity contribution in [2.75, 3.05) is 24.5 Å². The minimum absolute atomic E-state index is 0.0179. The van der Waals surface area contributed by atoms with Crippen LogP contribution in [0.4, 0.5) is 18.9 Å². The number of anilines is 1. The van der Waals surface area contributed by atoms with Gasteiger partial charge < -0.3 is 14.9 Å². The number of benzene rings is 1. The summed E-state index contributed by atoms with van der Waals surface area (Å²) in [5, 5.41) is 9.78. The first-order valence-corrected chi connectivity index (χ1v) is 8.16. The lowest BCUT2D eigenvalue weighted by atomic mass is 9.91. The Morgan fingerprint density at radius 1 is 1.24 bits per heavy atom. The summed E-state index contributed by atoms with van der Waals surface area (Å²) in [4.78, 5) is 27.4. The number of alkyl halides is 2. The Balaban J connectivity index is 1.65. The van der Waals surface area contributed by atoms with Gasteiger partial charge in [0.2, 0.25) is 11.8 Å². The molecule has 0 bridgehead atoms. The molecule has 136 valence electrons. The van der Waals surface area contributed by atoms with Gasteiger partial charge in [-0.2, -0.15) is 0 Å². The van der Waals surface area contributed by atoms with Crippen LogP contribution in [-0.2, 0) is 9.59 Å². The van der Waals surface area contributed by atoms with Gasteiger partial charge in [0.15, 0.2) is 0 Å². The number of para-hydroxylation sites is 1. The first-order chi connectivity index (χ1) is 11.8. The quantitative estimate of drug-likeness (QED) is 0.898. The zero-order chi connectivity index (χ0) is 18.2. The number of hydrogen-bond donors (Lipinski definition) is 1. The zero-order valence-corrected chi connectivity index (χ0v) is 13.5. The maximum absolute atomic E-state index is 13.9. The molecule has 1 aromatic carbocycles. The average Bonchev–Trinajstić information content (AvgIpc) is 2.97. The van der Waals surface area contributed by atoms with Gasteiger partial charge in [0.1, 0.15) is 11.4 Å². The van der Waals surface area contributed by atoms with E-state index in [-0.39, 0.29) is 56.4 Å². The van der Waals surface area contributed by atoms with Gasteiger partial charge in [0, 0.05) is 26.1 Å². The number of carbonyl (C=O) groups is 2. The summed E-state index contributed by atoms with van der Waals surface area (Å²) in [6, 6.07) is 5.84. The summed E-state index contributed by atoms with van der Waals surface area (Å²) in [6.45, 7) is 0.0995. The number of amides is 2.